The maximum atomic E-state index is 11.8. The number of carbonyl (C=O) groups is 2. The van der Waals surface area contributed by atoms with Crippen LogP contribution in [0.4, 0.5) is 4.79 Å². The highest BCUT2D eigenvalue weighted by atomic mass is 35.5. The van der Waals surface area contributed by atoms with Crippen molar-refractivity contribution in [1.29, 1.82) is 0 Å². The van der Waals surface area contributed by atoms with E-state index in [1.54, 1.807) is 31.0 Å². The minimum atomic E-state index is -0.773. The Labute approximate surface area is 127 Å². The summed E-state index contributed by atoms with van der Waals surface area (Å²) in [5.41, 5.74) is 0.916. The van der Waals surface area contributed by atoms with Gasteiger partial charge in [-0.2, -0.15) is 0 Å². The third-order valence-corrected chi connectivity index (χ3v) is 3.61. The molecule has 0 unspecified atom stereocenters. The summed E-state index contributed by atoms with van der Waals surface area (Å²) < 4.78 is 4.38. The quantitative estimate of drug-likeness (QED) is 0.927. The highest BCUT2D eigenvalue weighted by Gasteiger charge is 2.20. The zero-order chi connectivity index (χ0) is 15.3. The van der Waals surface area contributed by atoms with Crippen LogP contribution in [0.15, 0.2) is 18.2 Å². The number of alkyl carbamates (subject to hydrolysis) is 1. The normalized spacial score (nSPS) is 12.1. The Morgan fingerprint density at radius 2 is 2.00 bits per heavy atom. The fourth-order valence-corrected chi connectivity index (χ4v) is 1.84. The van der Waals surface area contributed by atoms with Gasteiger partial charge in [0.25, 0.3) is 0 Å². The predicted octanol–water partition coefficient (Wildman–Crippen LogP) is 2.70. The highest BCUT2D eigenvalue weighted by Crippen LogP contribution is 2.23. The lowest BCUT2D eigenvalue weighted by Crippen LogP contribution is -2.45. The van der Waals surface area contributed by atoms with Crippen LogP contribution in [-0.2, 0) is 16.1 Å². The lowest BCUT2D eigenvalue weighted by Gasteiger charge is -2.23. The number of halogens is 2. The number of imide groups is 1. The van der Waals surface area contributed by atoms with Gasteiger partial charge in [0.2, 0.25) is 5.91 Å². The van der Waals surface area contributed by atoms with E-state index >= 15 is 0 Å². The zero-order valence-electron chi connectivity index (χ0n) is 11.4. The van der Waals surface area contributed by atoms with Gasteiger partial charge >= 0.3 is 6.09 Å². The molecule has 0 aromatic heterocycles. The minimum Gasteiger partial charge on any atom is -0.453 e. The van der Waals surface area contributed by atoms with E-state index in [0.29, 0.717) is 16.6 Å². The molecule has 1 N–H and O–H groups in total. The molecule has 0 bridgehead atoms. The first kappa shape index (κ1) is 16.8. The van der Waals surface area contributed by atoms with Crippen molar-refractivity contribution < 1.29 is 14.3 Å². The Balaban J connectivity index is 2.65. The SMILES string of the molecule is COC(=O)NC(=O)[C@@H](C)N(C)Cc1ccc(Cl)c(Cl)c1. The molecular weight excluding hydrogens is 303 g/mol. The average Bonchev–Trinajstić information content (AvgIpc) is 2.41. The van der Waals surface area contributed by atoms with Crippen LogP contribution in [0, 0.1) is 0 Å². The van der Waals surface area contributed by atoms with Crippen LogP contribution in [0.3, 0.4) is 0 Å². The van der Waals surface area contributed by atoms with Gasteiger partial charge in [0.1, 0.15) is 0 Å². The summed E-state index contributed by atoms with van der Waals surface area (Å²) in [6.07, 6.45) is -0.773. The van der Waals surface area contributed by atoms with Gasteiger partial charge in [-0.1, -0.05) is 29.3 Å². The molecule has 0 saturated heterocycles. The van der Waals surface area contributed by atoms with Gasteiger partial charge in [0.15, 0.2) is 0 Å². The van der Waals surface area contributed by atoms with Gasteiger partial charge in [-0.3, -0.25) is 15.0 Å². The molecule has 1 aromatic rings. The van der Waals surface area contributed by atoms with E-state index in [1.807, 2.05) is 6.07 Å². The van der Waals surface area contributed by atoms with E-state index in [2.05, 4.69) is 10.1 Å². The summed E-state index contributed by atoms with van der Waals surface area (Å²) in [6.45, 7) is 2.18. The van der Waals surface area contributed by atoms with E-state index in [0.717, 1.165) is 5.56 Å². The molecule has 0 fully saturated rings. The summed E-state index contributed by atoms with van der Waals surface area (Å²) in [5.74, 6) is -0.431. The standard InChI is InChI=1S/C13H16Cl2N2O3/c1-8(12(18)16-13(19)20-3)17(2)7-9-4-5-10(14)11(15)6-9/h4-6,8H,7H2,1-3H3,(H,16,18,19)/t8-/m1/s1. The van der Waals surface area contributed by atoms with Crippen LogP contribution >= 0.6 is 23.2 Å². The molecule has 110 valence electrons. The second kappa shape index (κ2) is 7.47. The number of carbonyl (C=O) groups excluding carboxylic acids is 2. The van der Waals surface area contributed by atoms with Gasteiger partial charge < -0.3 is 4.74 Å². The van der Waals surface area contributed by atoms with Crippen LogP contribution in [0.1, 0.15) is 12.5 Å². The molecule has 5 nitrogen and oxygen atoms in total. The third kappa shape index (κ3) is 4.67. The summed E-state index contributed by atoms with van der Waals surface area (Å²) in [6, 6.07) is 4.77. The number of nitrogens with zero attached hydrogens (tertiary/aromatic N) is 1. The maximum Gasteiger partial charge on any atom is 0.413 e. The highest BCUT2D eigenvalue weighted by molar-refractivity contribution is 6.42. The first-order chi connectivity index (χ1) is 9.35. The second-order valence-electron chi connectivity index (χ2n) is 4.32. The number of likely N-dealkylation sites (N-methyl/N-ethyl adjacent to an activating group) is 1. The molecular formula is C13H16Cl2N2O3. The number of hydrogen-bond acceptors (Lipinski definition) is 4. The van der Waals surface area contributed by atoms with Gasteiger partial charge in [-0.25, -0.2) is 4.79 Å². The fourth-order valence-electron chi connectivity index (χ4n) is 1.52. The third-order valence-electron chi connectivity index (χ3n) is 2.87. The van der Waals surface area contributed by atoms with Gasteiger partial charge in [-0.05, 0) is 31.7 Å². The Bertz CT molecular complexity index is 508. The number of nitrogens with one attached hydrogen (secondary N) is 1. The summed E-state index contributed by atoms with van der Waals surface area (Å²) in [7, 11) is 2.97. The van der Waals surface area contributed by atoms with Crippen molar-refractivity contribution in [3.63, 3.8) is 0 Å². The molecule has 0 aliphatic rings. The number of benzene rings is 1. The molecule has 1 atom stereocenters. The van der Waals surface area contributed by atoms with Gasteiger partial charge in [-0.15, -0.1) is 0 Å². The molecule has 2 amide bonds. The van der Waals surface area contributed by atoms with E-state index in [4.69, 9.17) is 23.2 Å². The lowest BCUT2D eigenvalue weighted by atomic mass is 10.2. The Morgan fingerprint density at radius 3 is 2.55 bits per heavy atom. The molecule has 0 radical (unpaired) electrons. The number of ether oxygens (including phenoxy) is 1. The smallest absolute Gasteiger partial charge is 0.413 e. The molecule has 1 rings (SSSR count). The van der Waals surface area contributed by atoms with Crippen molar-refractivity contribution >= 4 is 35.2 Å². The first-order valence-electron chi connectivity index (χ1n) is 5.88. The summed E-state index contributed by atoms with van der Waals surface area (Å²) in [5, 5.41) is 3.07. The molecule has 0 aliphatic heterocycles. The van der Waals surface area contributed by atoms with Crippen molar-refractivity contribution in [3.8, 4) is 0 Å². The largest absolute Gasteiger partial charge is 0.453 e. The summed E-state index contributed by atoms with van der Waals surface area (Å²) in [4.78, 5) is 24.5. The van der Waals surface area contributed by atoms with Crippen molar-refractivity contribution in [2.75, 3.05) is 14.2 Å². The van der Waals surface area contributed by atoms with E-state index in [-0.39, 0.29) is 0 Å². The van der Waals surface area contributed by atoms with Crippen LogP contribution in [0.2, 0.25) is 10.0 Å². The number of amides is 2. The minimum absolute atomic E-state index is 0.431. The van der Waals surface area contributed by atoms with E-state index in [9.17, 15) is 9.59 Å². The van der Waals surface area contributed by atoms with Crippen molar-refractivity contribution in [1.82, 2.24) is 10.2 Å². The Hall–Kier alpha value is -1.30. The average molecular weight is 319 g/mol. The molecule has 0 spiro atoms. The fraction of sp³-hybridized carbons (Fsp3) is 0.385. The molecule has 0 aliphatic carbocycles. The van der Waals surface area contributed by atoms with Crippen LogP contribution in [-0.4, -0.2) is 37.1 Å². The second-order valence-corrected chi connectivity index (χ2v) is 5.13. The topological polar surface area (TPSA) is 58.6 Å². The van der Waals surface area contributed by atoms with Crippen LogP contribution < -0.4 is 5.32 Å². The molecule has 7 heteroatoms. The van der Waals surface area contributed by atoms with Crippen LogP contribution in [0.5, 0.6) is 0 Å². The van der Waals surface area contributed by atoms with E-state index < -0.39 is 18.0 Å². The van der Waals surface area contributed by atoms with Crippen molar-refractivity contribution in [3.05, 3.63) is 33.8 Å². The monoisotopic (exact) mass is 318 g/mol. The Morgan fingerprint density at radius 1 is 1.35 bits per heavy atom. The lowest BCUT2D eigenvalue weighted by molar-refractivity contribution is -0.124. The summed E-state index contributed by atoms with van der Waals surface area (Å²) >= 11 is 11.8. The van der Waals surface area contributed by atoms with Crippen molar-refractivity contribution in [2.24, 2.45) is 0 Å². The zero-order valence-corrected chi connectivity index (χ0v) is 13.0. The van der Waals surface area contributed by atoms with E-state index in [1.165, 1.54) is 7.11 Å². The number of hydrogen-bond donors (Lipinski definition) is 1. The molecule has 20 heavy (non-hydrogen) atoms. The Kier molecular flexibility index (Phi) is 6.26. The van der Waals surface area contributed by atoms with Gasteiger partial charge in [0, 0.05) is 6.54 Å². The van der Waals surface area contributed by atoms with Gasteiger partial charge in [0.05, 0.1) is 23.2 Å². The maximum absolute atomic E-state index is 11.8. The number of methoxy groups -OCH3 is 1. The number of rotatable bonds is 4. The van der Waals surface area contributed by atoms with Crippen LogP contribution in [0.25, 0.3) is 0 Å². The predicted molar refractivity (Wildman–Crippen MR) is 77.9 cm³/mol. The van der Waals surface area contributed by atoms with Crippen molar-refractivity contribution in [2.45, 2.75) is 19.5 Å². The molecule has 0 saturated carbocycles. The molecule has 0 heterocycles. The first-order valence-corrected chi connectivity index (χ1v) is 6.63. The molecule has 1 aromatic carbocycles.